The van der Waals surface area contributed by atoms with Crippen LogP contribution in [-0.2, 0) is 14.8 Å². The highest BCUT2D eigenvalue weighted by Crippen LogP contribution is 2.20. The van der Waals surface area contributed by atoms with Crippen LogP contribution in [0, 0.1) is 0 Å². The van der Waals surface area contributed by atoms with Gasteiger partial charge in [0.2, 0.25) is 0 Å². The number of carbonyl (C=O) groups is 2. The van der Waals surface area contributed by atoms with Crippen LogP contribution < -0.4 is 15.1 Å². The predicted octanol–water partition coefficient (Wildman–Crippen LogP) is 0.494. The van der Waals surface area contributed by atoms with Gasteiger partial charge in [0, 0.05) is 23.6 Å². The molecule has 0 fully saturated rings. The number of amides is 1. The molecule has 10 heteroatoms. The van der Waals surface area contributed by atoms with E-state index in [-0.39, 0.29) is 10.6 Å². The number of hydrogen-bond donors (Lipinski definition) is 2. The van der Waals surface area contributed by atoms with Crippen LogP contribution in [0.25, 0.3) is 0 Å². The van der Waals surface area contributed by atoms with Crippen LogP contribution in [0.5, 0.6) is 0 Å². The molecule has 0 spiro atoms. The van der Waals surface area contributed by atoms with Crippen LogP contribution in [-0.4, -0.2) is 58.5 Å². The summed E-state index contributed by atoms with van der Waals surface area (Å²) in [6.07, 6.45) is -0.292. The van der Waals surface area contributed by atoms with Gasteiger partial charge in [-0.05, 0) is 35.7 Å². The smallest absolute Gasteiger partial charge is 0.271 e. The fourth-order valence-corrected chi connectivity index (χ4v) is 4.66. The molecule has 1 atom stereocenters. The minimum atomic E-state index is -3.66. The number of nitrogens with zero attached hydrogens (tertiary/aromatic N) is 1. The molecule has 8 nitrogen and oxygen atoms in total. The molecule has 2 N–H and O–H groups in total. The zero-order valence-electron chi connectivity index (χ0n) is 15.8. The maximum atomic E-state index is 12.4. The molecule has 1 aromatic heterocycles. The lowest BCUT2D eigenvalue weighted by atomic mass is 10.1. The number of carboxylic acids is 1. The standard InChI is InChI=1S/C18H23N3O5S2/c1-21(2,3)12-15(11-16(22)23)19-18(24)13-6-8-14(9-7-13)20-28(25,26)17-5-4-10-27-17/h4-10,15H,11-12H2,1-3H3,(H2-,19,20,22,23,24)/t15-/m1/s1. The van der Waals surface area contributed by atoms with Gasteiger partial charge in [-0.2, -0.15) is 0 Å². The first kappa shape index (κ1) is 21.9. The summed E-state index contributed by atoms with van der Waals surface area (Å²) >= 11 is 1.10. The maximum Gasteiger partial charge on any atom is 0.271 e. The lowest BCUT2D eigenvalue weighted by molar-refractivity contribution is -0.871. The average Bonchev–Trinajstić information content (AvgIpc) is 3.08. The van der Waals surface area contributed by atoms with E-state index in [4.69, 9.17) is 0 Å². The quantitative estimate of drug-likeness (QED) is 0.568. The third kappa shape index (κ3) is 6.63. The first-order chi connectivity index (χ1) is 13.0. The number of anilines is 1. The number of likely N-dealkylation sites (N-methyl/N-ethyl adjacent to an activating group) is 1. The molecule has 1 amide bonds. The van der Waals surface area contributed by atoms with Crippen molar-refractivity contribution >= 4 is 38.9 Å². The summed E-state index contributed by atoms with van der Waals surface area (Å²) in [4.78, 5) is 23.4. The van der Waals surface area contributed by atoms with Gasteiger partial charge in [-0.1, -0.05) is 6.07 Å². The number of quaternary nitrogens is 1. The van der Waals surface area contributed by atoms with Crippen molar-refractivity contribution in [3.8, 4) is 0 Å². The van der Waals surface area contributed by atoms with Crippen molar-refractivity contribution in [2.75, 3.05) is 32.4 Å². The van der Waals surface area contributed by atoms with Crippen molar-refractivity contribution in [3.63, 3.8) is 0 Å². The molecule has 0 aliphatic heterocycles. The molecule has 2 rings (SSSR count). The molecule has 2 aromatic rings. The van der Waals surface area contributed by atoms with Gasteiger partial charge in [0.15, 0.2) is 0 Å². The van der Waals surface area contributed by atoms with Crippen LogP contribution in [0.15, 0.2) is 46.0 Å². The van der Waals surface area contributed by atoms with E-state index in [0.29, 0.717) is 22.3 Å². The first-order valence-electron chi connectivity index (χ1n) is 8.44. The molecule has 0 saturated heterocycles. The summed E-state index contributed by atoms with van der Waals surface area (Å²) in [6.45, 7) is 0.415. The van der Waals surface area contributed by atoms with Crippen molar-refractivity contribution < 1.29 is 27.6 Å². The second-order valence-electron chi connectivity index (χ2n) is 7.33. The second kappa shape index (κ2) is 8.72. The van der Waals surface area contributed by atoms with Crippen LogP contribution in [0.3, 0.4) is 0 Å². The van der Waals surface area contributed by atoms with Crippen LogP contribution in [0.4, 0.5) is 5.69 Å². The van der Waals surface area contributed by atoms with E-state index >= 15 is 0 Å². The number of carboxylic acid groups (broad SMARTS) is 1. The van der Waals surface area contributed by atoms with Crippen molar-refractivity contribution in [1.29, 1.82) is 0 Å². The van der Waals surface area contributed by atoms with E-state index in [1.165, 1.54) is 30.3 Å². The summed E-state index contributed by atoms with van der Waals surface area (Å²) in [7, 11) is 2.01. The van der Waals surface area contributed by atoms with Gasteiger partial charge in [-0.3, -0.25) is 9.52 Å². The summed E-state index contributed by atoms with van der Waals surface area (Å²) in [6, 6.07) is 8.47. The molecule has 0 aliphatic carbocycles. The Morgan fingerprint density at radius 2 is 1.79 bits per heavy atom. The highest BCUT2D eigenvalue weighted by Gasteiger charge is 2.21. The Labute approximate surface area is 168 Å². The second-order valence-corrected chi connectivity index (χ2v) is 10.2. The minimum absolute atomic E-state index is 0.194. The third-order valence-corrected chi connectivity index (χ3v) is 6.45. The van der Waals surface area contributed by atoms with Crippen molar-refractivity contribution in [1.82, 2.24) is 5.32 Å². The SMILES string of the molecule is C[N+](C)(C)C[C@@H](CC(=O)[O-])NC(=O)c1ccc(NS(=O)(=O)c2cccs2)cc1. The molecule has 28 heavy (non-hydrogen) atoms. The fraction of sp³-hybridized carbons (Fsp3) is 0.333. The maximum absolute atomic E-state index is 12.4. The monoisotopic (exact) mass is 425 g/mol. The topological polar surface area (TPSA) is 115 Å². The number of aliphatic carboxylic acids is 1. The van der Waals surface area contributed by atoms with Gasteiger partial charge in [0.05, 0.1) is 33.7 Å². The Balaban J connectivity index is 2.07. The number of hydrogen-bond acceptors (Lipinski definition) is 6. The van der Waals surface area contributed by atoms with Gasteiger partial charge >= 0.3 is 0 Å². The zero-order chi connectivity index (χ0) is 20.9. The molecule has 1 aromatic carbocycles. The number of carbonyl (C=O) groups excluding carboxylic acids is 2. The summed E-state index contributed by atoms with van der Waals surface area (Å²) in [5.41, 5.74) is 0.617. The number of nitrogens with one attached hydrogen (secondary N) is 2. The number of rotatable bonds is 9. The fourth-order valence-electron chi connectivity index (χ4n) is 2.60. The number of thiophene rings is 1. The van der Waals surface area contributed by atoms with Gasteiger partial charge in [0.25, 0.3) is 15.9 Å². The van der Waals surface area contributed by atoms with Crippen LogP contribution in [0.2, 0.25) is 0 Å². The van der Waals surface area contributed by atoms with Crippen molar-refractivity contribution in [2.45, 2.75) is 16.7 Å². The normalized spacial score (nSPS) is 13.0. The van der Waals surface area contributed by atoms with Gasteiger partial charge in [-0.15, -0.1) is 11.3 Å². The summed E-state index contributed by atoms with van der Waals surface area (Å²) in [5, 5.41) is 15.3. The lowest BCUT2D eigenvalue weighted by Gasteiger charge is -2.30. The van der Waals surface area contributed by atoms with E-state index in [1.54, 1.807) is 11.4 Å². The Bertz CT molecular complexity index is 917. The van der Waals surface area contributed by atoms with Crippen molar-refractivity contribution in [3.05, 3.63) is 47.3 Å². The highest BCUT2D eigenvalue weighted by molar-refractivity contribution is 7.94. The molecule has 152 valence electrons. The Morgan fingerprint density at radius 3 is 2.29 bits per heavy atom. The Morgan fingerprint density at radius 1 is 1.14 bits per heavy atom. The Hall–Kier alpha value is -2.43. The molecule has 1 heterocycles. The largest absolute Gasteiger partial charge is 0.550 e. The predicted molar refractivity (Wildman–Crippen MR) is 105 cm³/mol. The average molecular weight is 426 g/mol. The van der Waals surface area contributed by atoms with Gasteiger partial charge < -0.3 is 19.7 Å². The third-order valence-electron chi connectivity index (χ3n) is 3.68. The molecule has 0 unspecified atom stereocenters. The first-order valence-corrected chi connectivity index (χ1v) is 10.8. The zero-order valence-corrected chi connectivity index (χ0v) is 17.5. The van der Waals surface area contributed by atoms with E-state index in [2.05, 4.69) is 10.0 Å². The molecule has 0 saturated carbocycles. The molecule has 0 radical (unpaired) electrons. The van der Waals surface area contributed by atoms with E-state index in [9.17, 15) is 23.1 Å². The summed E-state index contributed by atoms with van der Waals surface area (Å²) in [5.74, 6) is -1.68. The van der Waals surface area contributed by atoms with Crippen LogP contribution >= 0.6 is 11.3 Å². The molecular weight excluding hydrogens is 402 g/mol. The summed E-state index contributed by atoms with van der Waals surface area (Å²) < 4.78 is 27.6. The van der Waals surface area contributed by atoms with Crippen LogP contribution in [0.1, 0.15) is 16.8 Å². The van der Waals surface area contributed by atoms with Crippen molar-refractivity contribution in [2.24, 2.45) is 0 Å². The van der Waals surface area contributed by atoms with Gasteiger partial charge in [-0.25, -0.2) is 8.42 Å². The van der Waals surface area contributed by atoms with Gasteiger partial charge in [0.1, 0.15) is 4.21 Å². The molecular formula is C18H23N3O5S2. The lowest BCUT2D eigenvalue weighted by Crippen LogP contribution is -2.50. The highest BCUT2D eigenvalue weighted by atomic mass is 32.2. The molecule has 0 aliphatic rings. The number of benzene rings is 1. The molecule has 0 bridgehead atoms. The van der Waals surface area contributed by atoms with E-state index in [0.717, 1.165) is 11.3 Å². The number of sulfonamides is 1. The Kier molecular flexibility index (Phi) is 6.81. The van der Waals surface area contributed by atoms with E-state index in [1.807, 2.05) is 21.1 Å². The van der Waals surface area contributed by atoms with E-state index < -0.39 is 27.9 Å². The minimum Gasteiger partial charge on any atom is -0.550 e.